The molecule has 1 aliphatic carbocycles. The van der Waals surface area contributed by atoms with Crippen molar-refractivity contribution in [1.82, 2.24) is 4.90 Å². The van der Waals surface area contributed by atoms with E-state index in [1.807, 2.05) is 0 Å². The van der Waals surface area contributed by atoms with E-state index in [2.05, 4.69) is 18.7 Å². The maximum absolute atomic E-state index is 10.8. The summed E-state index contributed by atoms with van der Waals surface area (Å²) in [6, 6.07) is 1.04. The maximum Gasteiger partial charge on any atom is 0.317 e. The lowest BCUT2D eigenvalue weighted by Gasteiger charge is -2.29. The summed E-state index contributed by atoms with van der Waals surface area (Å²) in [5.74, 6) is -0.683. The topological polar surface area (TPSA) is 40.5 Å². The zero-order valence-electron chi connectivity index (χ0n) is 9.91. The zero-order valence-corrected chi connectivity index (χ0v) is 9.91. The minimum absolute atomic E-state index is 0.229. The van der Waals surface area contributed by atoms with E-state index in [1.54, 1.807) is 0 Å². The average Bonchev–Trinajstić information content (AvgIpc) is 3.00. The van der Waals surface area contributed by atoms with Crippen LogP contribution in [0.2, 0.25) is 0 Å². The molecule has 0 heterocycles. The molecule has 3 heteroatoms. The number of unbranched alkanes of at least 4 members (excludes halogenated alkanes) is 1. The molecule has 0 radical (unpaired) electrons. The SMILES string of the molecule is CCCCC(CC)N(CC(=O)O)C1CC1. The second-order valence-corrected chi connectivity index (χ2v) is 4.50. The second-order valence-electron chi connectivity index (χ2n) is 4.50. The molecule has 0 spiro atoms. The van der Waals surface area contributed by atoms with E-state index >= 15 is 0 Å². The first-order chi connectivity index (χ1) is 7.19. The van der Waals surface area contributed by atoms with Gasteiger partial charge >= 0.3 is 5.97 Å². The fraction of sp³-hybridized carbons (Fsp3) is 0.917. The minimum Gasteiger partial charge on any atom is -0.480 e. The molecule has 1 fully saturated rings. The Hall–Kier alpha value is -0.570. The fourth-order valence-corrected chi connectivity index (χ4v) is 2.16. The van der Waals surface area contributed by atoms with Crippen LogP contribution in [0.3, 0.4) is 0 Å². The van der Waals surface area contributed by atoms with Gasteiger partial charge in [-0.15, -0.1) is 0 Å². The highest BCUT2D eigenvalue weighted by Gasteiger charge is 2.33. The molecule has 1 rings (SSSR count). The van der Waals surface area contributed by atoms with E-state index in [-0.39, 0.29) is 6.54 Å². The smallest absolute Gasteiger partial charge is 0.317 e. The molecule has 0 aromatic rings. The number of aliphatic carboxylic acids is 1. The van der Waals surface area contributed by atoms with Gasteiger partial charge in [0.25, 0.3) is 0 Å². The van der Waals surface area contributed by atoms with Crippen LogP contribution >= 0.6 is 0 Å². The standard InChI is InChI=1S/C12H23NO2/c1-3-5-6-10(4-2)13(9-12(14)15)11-7-8-11/h10-11H,3-9H2,1-2H3,(H,14,15). The summed E-state index contributed by atoms with van der Waals surface area (Å²) in [6.45, 7) is 4.58. The third-order valence-electron chi connectivity index (χ3n) is 3.16. The molecule has 0 saturated heterocycles. The molecule has 1 saturated carbocycles. The monoisotopic (exact) mass is 213 g/mol. The van der Waals surface area contributed by atoms with Gasteiger partial charge in [-0.05, 0) is 25.7 Å². The second kappa shape index (κ2) is 6.11. The highest BCUT2D eigenvalue weighted by molar-refractivity contribution is 5.69. The van der Waals surface area contributed by atoms with Gasteiger partial charge in [-0.1, -0.05) is 26.7 Å². The maximum atomic E-state index is 10.8. The number of carboxylic acids is 1. The molecule has 0 amide bonds. The molecule has 0 aromatic carbocycles. The van der Waals surface area contributed by atoms with Crippen LogP contribution in [0.1, 0.15) is 52.4 Å². The molecular weight excluding hydrogens is 190 g/mol. The third kappa shape index (κ3) is 4.20. The van der Waals surface area contributed by atoms with Gasteiger partial charge in [0.05, 0.1) is 6.54 Å². The highest BCUT2D eigenvalue weighted by atomic mass is 16.4. The summed E-state index contributed by atoms with van der Waals surface area (Å²) >= 11 is 0. The summed E-state index contributed by atoms with van der Waals surface area (Å²) in [7, 11) is 0. The van der Waals surface area contributed by atoms with Crippen molar-refractivity contribution in [2.75, 3.05) is 6.54 Å². The van der Waals surface area contributed by atoms with Gasteiger partial charge < -0.3 is 5.11 Å². The first kappa shape index (κ1) is 12.5. The lowest BCUT2D eigenvalue weighted by atomic mass is 10.1. The lowest BCUT2D eigenvalue weighted by Crippen LogP contribution is -2.40. The molecule has 88 valence electrons. The van der Waals surface area contributed by atoms with Crippen LogP contribution in [0.25, 0.3) is 0 Å². The Morgan fingerprint density at radius 3 is 2.53 bits per heavy atom. The molecule has 3 nitrogen and oxygen atoms in total. The summed E-state index contributed by atoms with van der Waals surface area (Å²) < 4.78 is 0. The Morgan fingerprint density at radius 2 is 2.13 bits per heavy atom. The van der Waals surface area contributed by atoms with E-state index < -0.39 is 5.97 Å². The van der Waals surface area contributed by atoms with Crippen LogP contribution in [0.15, 0.2) is 0 Å². The molecule has 1 N–H and O–H groups in total. The summed E-state index contributed by atoms with van der Waals surface area (Å²) in [6.07, 6.45) is 7.01. The molecule has 0 bridgehead atoms. The summed E-state index contributed by atoms with van der Waals surface area (Å²) in [4.78, 5) is 13.0. The Balaban J connectivity index is 2.46. The van der Waals surface area contributed by atoms with E-state index in [4.69, 9.17) is 5.11 Å². The van der Waals surface area contributed by atoms with E-state index in [0.717, 1.165) is 12.8 Å². The van der Waals surface area contributed by atoms with E-state index in [9.17, 15) is 4.79 Å². The molecule has 1 atom stereocenters. The van der Waals surface area contributed by atoms with Crippen molar-refractivity contribution in [1.29, 1.82) is 0 Å². The average molecular weight is 213 g/mol. The largest absolute Gasteiger partial charge is 0.480 e. The predicted molar refractivity (Wildman–Crippen MR) is 61.0 cm³/mol. The van der Waals surface area contributed by atoms with Crippen molar-refractivity contribution in [3.63, 3.8) is 0 Å². The van der Waals surface area contributed by atoms with Gasteiger partial charge in [-0.2, -0.15) is 0 Å². The number of rotatable bonds is 8. The van der Waals surface area contributed by atoms with Gasteiger partial charge in [0.15, 0.2) is 0 Å². The number of hydrogen-bond donors (Lipinski definition) is 1. The van der Waals surface area contributed by atoms with Crippen LogP contribution in [-0.2, 0) is 4.79 Å². The number of nitrogens with zero attached hydrogens (tertiary/aromatic N) is 1. The lowest BCUT2D eigenvalue weighted by molar-refractivity contribution is -0.139. The van der Waals surface area contributed by atoms with Crippen LogP contribution in [0, 0.1) is 0 Å². The number of carboxylic acid groups (broad SMARTS) is 1. The molecule has 15 heavy (non-hydrogen) atoms. The normalized spacial score (nSPS) is 18.1. The van der Waals surface area contributed by atoms with E-state index in [0.29, 0.717) is 12.1 Å². The Bertz CT molecular complexity index is 202. The Morgan fingerprint density at radius 1 is 1.47 bits per heavy atom. The first-order valence-electron chi connectivity index (χ1n) is 6.16. The fourth-order valence-electron chi connectivity index (χ4n) is 2.16. The molecule has 0 aliphatic heterocycles. The van der Waals surface area contributed by atoms with Crippen LogP contribution < -0.4 is 0 Å². The van der Waals surface area contributed by atoms with Crippen LogP contribution in [-0.4, -0.2) is 34.6 Å². The van der Waals surface area contributed by atoms with Crippen LogP contribution in [0.5, 0.6) is 0 Å². The van der Waals surface area contributed by atoms with Crippen LogP contribution in [0.4, 0.5) is 0 Å². The van der Waals surface area contributed by atoms with Gasteiger partial charge in [-0.25, -0.2) is 0 Å². The Labute approximate surface area is 92.5 Å². The molecule has 0 aromatic heterocycles. The van der Waals surface area contributed by atoms with Gasteiger partial charge in [0, 0.05) is 12.1 Å². The molecule has 1 unspecified atom stereocenters. The van der Waals surface area contributed by atoms with Gasteiger partial charge in [0.2, 0.25) is 0 Å². The zero-order chi connectivity index (χ0) is 11.3. The molecule has 1 aliphatic rings. The van der Waals surface area contributed by atoms with Crippen molar-refractivity contribution in [2.45, 2.75) is 64.5 Å². The highest BCUT2D eigenvalue weighted by Crippen LogP contribution is 2.30. The summed E-state index contributed by atoms with van der Waals surface area (Å²) in [5.41, 5.74) is 0. The van der Waals surface area contributed by atoms with Crippen molar-refractivity contribution in [3.8, 4) is 0 Å². The Kier molecular flexibility index (Phi) is 5.09. The number of hydrogen-bond acceptors (Lipinski definition) is 2. The van der Waals surface area contributed by atoms with Crippen molar-refractivity contribution in [2.24, 2.45) is 0 Å². The van der Waals surface area contributed by atoms with Crippen molar-refractivity contribution >= 4 is 5.97 Å². The van der Waals surface area contributed by atoms with Gasteiger partial charge in [-0.3, -0.25) is 9.69 Å². The predicted octanol–water partition coefficient (Wildman–Crippen LogP) is 2.50. The third-order valence-corrected chi connectivity index (χ3v) is 3.16. The minimum atomic E-state index is -0.683. The number of carbonyl (C=O) groups is 1. The van der Waals surface area contributed by atoms with Gasteiger partial charge in [0.1, 0.15) is 0 Å². The molecular formula is C12H23NO2. The first-order valence-corrected chi connectivity index (χ1v) is 6.16. The van der Waals surface area contributed by atoms with Crippen molar-refractivity contribution in [3.05, 3.63) is 0 Å². The quantitative estimate of drug-likeness (QED) is 0.673. The van der Waals surface area contributed by atoms with Crippen molar-refractivity contribution < 1.29 is 9.90 Å². The summed E-state index contributed by atoms with van der Waals surface area (Å²) in [5, 5.41) is 8.89. The van der Waals surface area contributed by atoms with E-state index in [1.165, 1.54) is 25.7 Å².